The largest absolute Gasteiger partial charge is 0.381 e. The predicted molar refractivity (Wildman–Crippen MR) is 89.6 cm³/mol. The van der Waals surface area contributed by atoms with E-state index >= 15 is 0 Å². The number of nitrogens with one attached hydrogen (secondary N) is 1. The van der Waals surface area contributed by atoms with Crippen molar-refractivity contribution in [1.82, 2.24) is 10.2 Å². The maximum absolute atomic E-state index is 12.3. The van der Waals surface area contributed by atoms with Crippen molar-refractivity contribution in [2.24, 2.45) is 5.92 Å². The Morgan fingerprint density at radius 3 is 2.91 bits per heavy atom. The summed E-state index contributed by atoms with van der Waals surface area (Å²) in [7, 11) is 1.81. The van der Waals surface area contributed by atoms with Crippen LogP contribution >= 0.6 is 23.2 Å². The zero-order chi connectivity index (χ0) is 16.1. The maximum Gasteiger partial charge on any atom is 0.317 e. The maximum atomic E-state index is 12.3. The lowest BCUT2D eigenvalue weighted by molar-refractivity contribution is 0.0456. The first-order valence-electron chi connectivity index (χ1n) is 7.51. The lowest BCUT2D eigenvalue weighted by Crippen LogP contribution is -2.42. The lowest BCUT2D eigenvalue weighted by atomic mass is 10.0. The molecule has 1 N–H and O–H groups in total. The number of carbonyl (C=O) groups excluding carboxylic acids is 1. The molecular weight excluding hydrogens is 323 g/mol. The Morgan fingerprint density at radius 2 is 2.27 bits per heavy atom. The standard InChI is InChI=1S/C16H22Cl2N2O2/c1-11(14-6-5-13(17)8-15(14)18)19-16(21)20(2)9-12-4-3-7-22-10-12/h5-6,8,11-12H,3-4,7,9-10H2,1-2H3,(H,19,21)/t11-,12?/m1/s1. The fourth-order valence-electron chi connectivity index (χ4n) is 2.65. The summed E-state index contributed by atoms with van der Waals surface area (Å²) in [6, 6.07) is 5.01. The molecule has 0 aliphatic carbocycles. The van der Waals surface area contributed by atoms with Gasteiger partial charge < -0.3 is 15.0 Å². The monoisotopic (exact) mass is 344 g/mol. The Labute approximate surface area is 141 Å². The third-order valence-electron chi connectivity index (χ3n) is 3.90. The molecule has 0 bridgehead atoms. The van der Waals surface area contributed by atoms with E-state index in [-0.39, 0.29) is 12.1 Å². The van der Waals surface area contributed by atoms with Crippen LogP contribution in [0.3, 0.4) is 0 Å². The van der Waals surface area contributed by atoms with E-state index in [9.17, 15) is 4.79 Å². The van der Waals surface area contributed by atoms with E-state index in [1.807, 2.05) is 13.0 Å². The van der Waals surface area contributed by atoms with Gasteiger partial charge in [0.2, 0.25) is 0 Å². The molecule has 0 aromatic heterocycles. The SMILES string of the molecule is C[C@@H](NC(=O)N(C)CC1CCCOC1)c1ccc(Cl)cc1Cl. The predicted octanol–water partition coefficient (Wildman–Crippen LogP) is 4.12. The molecule has 1 aliphatic heterocycles. The van der Waals surface area contributed by atoms with Gasteiger partial charge in [-0.1, -0.05) is 29.3 Å². The van der Waals surface area contributed by atoms with Gasteiger partial charge >= 0.3 is 6.03 Å². The summed E-state index contributed by atoms with van der Waals surface area (Å²) in [6.07, 6.45) is 2.17. The van der Waals surface area contributed by atoms with Gasteiger partial charge in [-0.05, 0) is 37.5 Å². The van der Waals surface area contributed by atoms with Crippen molar-refractivity contribution in [3.05, 3.63) is 33.8 Å². The molecule has 1 aromatic rings. The molecule has 1 fully saturated rings. The van der Waals surface area contributed by atoms with Crippen LogP contribution in [0.1, 0.15) is 31.4 Å². The summed E-state index contributed by atoms with van der Waals surface area (Å²) in [5.41, 5.74) is 0.855. The van der Waals surface area contributed by atoms with Crippen LogP contribution in [-0.4, -0.2) is 37.7 Å². The highest BCUT2D eigenvalue weighted by Crippen LogP contribution is 2.26. The number of rotatable bonds is 4. The van der Waals surface area contributed by atoms with Gasteiger partial charge in [0.05, 0.1) is 12.6 Å². The number of carbonyl (C=O) groups is 1. The Morgan fingerprint density at radius 1 is 1.50 bits per heavy atom. The van der Waals surface area contributed by atoms with E-state index in [2.05, 4.69) is 5.32 Å². The number of nitrogens with zero attached hydrogens (tertiary/aromatic N) is 1. The van der Waals surface area contributed by atoms with Gasteiger partial charge in [-0.15, -0.1) is 0 Å². The molecule has 1 unspecified atom stereocenters. The molecular formula is C16H22Cl2N2O2. The van der Waals surface area contributed by atoms with Crippen LogP contribution in [0.5, 0.6) is 0 Å². The molecule has 1 aliphatic rings. The summed E-state index contributed by atoms with van der Waals surface area (Å²) >= 11 is 12.1. The van der Waals surface area contributed by atoms with E-state index < -0.39 is 0 Å². The molecule has 2 atom stereocenters. The number of urea groups is 1. The first kappa shape index (κ1) is 17.4. The molecule has 1 saturated heterocycles. The zero-order valence-corrected chi connectivity index (χ0v) is 14.5. The van der Waals surface area contributed by atoms with Gasteiger partial charge in [0.15, 0.2) is 0 Å². The lowest BCUT2D eigenvalue weighted by Gasteiger charge is -2.28. The second kappa shape index (κ2) is 8.04. The number of hydrogen-bond donors (Lipinski definition) is 1. The number of hydrogen-bond acceptors (Lipinski definition) is 2. The third-order valence-corrected chi connectivity index (χ3v) is 4.46. The van der Waals surface area contributed by atoms with Crippen molar-refractivity contribution in [2.45, 2.75) is 25.8 Å². The molecule has 6 heteroatoms. The van der Waals surface area contributed by atoms with Crippen molar-refractivity contribution in [1.29, 1.82) is 0 Å². The smallest absolute Gasteiger partial charge is 0.317 e. The minimum atomic E-state index is -0.178. The quantitative estimate of drug-likeness (QED) is 0.892. The fourth-order valence-corrected chi connectivity index (χ4v) is 3.22. The van der Waals surface area contributed by atoms with Crippen molar-refractivity contribution >= 4 is 29.2 Å². The second-order valence-electron chi connectivity index (χ2n) is 5.80. The molecule has 0 spiro atoms. The highest BCUT2D eigenvalue weighted by molar-refractivity contribution is 6.35. The van der Waals surface area contributed by atoms with Crippen LogP contribution in [-0.2, 0) is 4.74 Å². The van der Waals surface area contributed by atoms with Gasteiger partial charge in [-0.3, -0.25) is 0 Å². The molecule has 22 heavy (non-hydrogen) atoms. The summed E-state index contributed by atoms with van der Waals surface area (Å²) in [4.78, 5) is 14.0. The molecule has 2 amide bonds. The second-order valence-corrected chi connectivity index (χ2v) is 6.64. The van der Waals surface area contributed by atoms with Gasteiger partial charge in [0, 0.05) is 36.2 Å². The molecule has 1 aromatic carbocycles. The van der Waals surface area contributed by atoms with E-state index in [0.29, 0.717) is 22.5 Å². The van der Waals surface area contributed by atoms with Crippen LogP contribution in [0.4, 0.5) is 4.79 Å². The van der Waals surface area contributed by atoms with E-state index in [1.54, 1.807) is 24.1 Å². The number of ether oxygens (including phenoxy) is 1. The van der Waals surface area contributed by atoms with Gasteiger partial charge in [-0.2, -0.15) is 0 Å². The first-order chi connectivity index (χ1) is 10.5. The number of halogens is 2. The number of amides is 2. The zero-order valence-electron chi connectivity index (χ0n) is 12.9. The van der Waals surface area contributed by atoms with Crippen molar-refractivity contribution in [3.8, 4) is 0 Å². The molecule has 4 nitrogen and oxygen atoms in total. The summed E-state index contributed by atoms with van der Waals surface area (Å²) in [5, 5.41) is 4.11. The summed E-state index contributed by atoms with van der Waals surface area (Å²) in [6.45, 7) is 4.17. The van der Waals surface area contributed by atoms with Crippen molar-refractivity contribution in [3.63, 3.8) is 0 Å². The van der Waals surface area contributed by atoms with Gasteiger partial charge in [0.25, 0.3) is 0 Å². The van der Waals surface area contributed by atoms with Crippen LogP contribution in [0, 0.1) is 5.92 Å². The minimum absolute atomic E-state index is 0.107. The van der Waals surface area contributed by atoms with E-state index in [1.165, 1.54) is 0 Å². The first-order valence-corrected chi connectivity index (χ1v) is 8.27. The topological polar surface area (TPSA) is 41.6 Å². The Balaban J connectivity index is 1.89. The van der Waals surface area contributed by atoms with Crippen LogP contribution in [0.2, 0.25) is 10.0 Å². The Hall–Kier alpha value is -0.970. The number of benzene rings is 1. The average molecular weight is 345 g/mol. The molecule has 0 saturated carbocycles. The third kappa shape index (κ3) is 4.77. The summed E-state index contributed by atoms with van der Waals surface area (Å²) in [5.74, 6) is 0.416. The van der Waals surface area contributed by atoms with Crippen LogP contribution < -0.4 is 5.32 Å². The van der Waals surface area contributed by atoms with Crippen LogP contribution in [0.25, 0.3) is 0 Å². The molecule has 2 rings (SSSR count). The van der Waals surface area contributed by atoms with Crippen molar-refractivity contribution in [2.75, 3.05) is 26.8 Å². The Bertz CT molecular complexity index is 519. The minimum Gasteiger partial charge on any atom is -0.381 e. The van der Waals surface area contributed by atoms with Crippen LogP contribution in [0.15, 0.2) is 18.2 Å². The van der Waals surface area contributed by atoms with E-state index in [4.69, 9.17) is 27.9 Å². The molecule has 122 valence electrons. The molecule has 1 heterocycles. The Kier molecular flexibility index (Phi) is 6.36. The van der Waals surface area contributed by atoms with Gasteiger partial charge in [0.1, 0.15) is 0 Å². The normalized spacial score (nSPS) is 19.5. The van der Waals surface area contributed by atoms with Gasteiger partial charge in [-0.25, -0.2) is 4.79 Å². The highest BCUT2D eigenvalue weighted by atomic mass is 35.5. The molecule has 0 radical (unpaired) electrons. The van der Waals surface area contributed by atoms with E-state index in [0.717, 1.165) is 31.6 Å². The highest BCUT2D eigenvalue weighted by Gasteiger charge is 2.20. The van der Waals surface area contributed by atoms with Crippen molar-refractivity contribution < 1.29 is 9.53 Å². The average Bonchev–Trinajstić information content (AvgIpc) is 2.47. The fraction of sp³-hybridized carbons (Fsp3) is 0.562. The summed E-state index contributed by atoms with van der Waals surface area (Å²) < 4.78 is 5.45.